The van der Waals surface area contributed by atoms with Crippen molar-refractivity contribution < 1.29 is 19.4 Å². The van der Waals surface area contributed by atoms with Crippen LogP contribution in [0.5, 0.6) is 5.75 Å². The number of Topliss-reactive ketones (excluding diaryl/α,β-unsaturated/α-hetero) is 1. The molecule has 6 nitrogen and oxygen atoms in total. The van der Waals surface area contributed by atoms with Gasteiger partial charge in [0.1, 0.15) is 11.5 Å². The van der Waals surface area contributed by atoms with E-state index >= 15 is 0 Å². The van der Waals surface area contributed by atoms with E-state index in [1.165, 1.54) is 0 Å². The number of rotatable bonds is 8. The Balaban J connectivity index is 2.07. The predicted molar refractivity (Wildman–Crippen MR) is 121 cm³/mol. The predicted octanol–water partition coefficient (Wildman–Crippen LogP) is 4.11. The lowest BCUT2D eigenvalue weighted by molar-refractivity contribution is -0.140. The van der Waals surface area contributed by atoms with Gasteiger partial charge in [0.05, 0.1) is 18.7 Å². The number of halogens is 1. The molecule has 0 radical (unpaired) electrons. The number of benzene rings is 2. The van der Waals surface area contributed by atoms with Gasteiger partial charge >= 0.3 is 0 Å². The van der Waals surface area contributed by atoms with E-state index in [1.807, 2.05) is 0 Å². The maximum absolute atomic E-state index is 13.0. The summed E-state index contributed by atoms with van der Waals surface area (Å²) in [6.07, 6.45) is 0. The highest BCUT2D eigenvalue weighted by atomic mass is 35.5. The van der Waals surface area contributed by atoms with Gasteiger partial charge < -0.3 is 19.6 Å². The van der Waals surface area contributed by atoms with Crippen LogP contribution in [0.15, 0.2) is 54.1 Å². The first kappa shape index (κ1) is 22.8. The van der Waals surface area contributed by atoms with Gasteiger partial charge in [0.25, 0.3) is 11.7 Å². The van der Waals surface area contributed by atoms with E-state index in [2.05, 4.69) is 18.7 Å². The molecule has 1 aliphatic heterocycles. The summed E-state index contributed by atoms with van der Waals surface area (Å²) in [5.74, 6) is -0.869. The topological polar surface area (TPSA) is 70.1 Å². The van der Waals surface area contributed by atoms with Crippen molar-refractivity contribution in [2.75, 3.05) is 33.3 Å². The van der Waals surface area contributed by atoms with Crippen LogP contribution in [0, 0.1) is 0 Å². The van der Waals surface area contributed by atoms with Crippen molar-refractivity contribution in [1.29, 1.82) is 0 Å². The van der Waals surface area contributed by atoms with Crippen LogP contribution in [0.2, 0.25) is 5.02 Å². The molecule has 0 spiro atoms. The molecule has 31 heavy (non-hydrogen) atoms. The van der Waals surface area contributed by atoms with Crippen molar-refractivity contribution in [3.05, 3.63) is 70.3 Å². The molecule has 2 aromatic rings. The minimum absolute atomic E-state index is 0.0806. The van der Waals surface area contributed by atoms with Gasteiger partial charge in [-0.2, -0.15) is 0 Å². The van der Waals surface area contributed by atoms with Crippen molar-refractivity contribution in [3.63, 3.8) is 0 Å². The van der Waals surface area contributed by atoms with Gasteiger partial charge in [0.2, 0.25) is 0 Å². The summed E-state index contributed by atoms with van der Waals surface area (Å²) in [6, 6.07) is 13.0. The molecular formula is C24H27ClN2O4. The van der Waals surface area contributed by atoms with Gasteiger partial charge in [0.15, 0.2) is 0 Å². The third-order valence-corrected chi connectivity index (χ3v) is 5.89. The molecule has 0 aliphatic carbocycles. The van der Waals surface area contributed by atoms with E-state index in [1.54, 1.807) is 60.5 Å². The number of hydrogen-bond acceptors (Lipinski definition) is 5. The second-order valence-electron chi connectivity index (χ2n) is 7.30. The fraction of sp³-hybridized carbons (Fsp3) is 0.333. The number of hydrogen-bond donors (Lipinski definition) is 1. The fourth-order valence-electron chi connectivity index (χ4n) is 3.80. The first-order valence-electron chi connectivity index (χ1n) is 10.3. The molecule has 0 saturated carbocycles. The van der Waals surface area contributed by atoms with Crippen LogP contribution in [0.4, 0.5) is 0 Å². The van der Waals surface area contributed by atoms with Crippen molar-refractivity contribution in [1.82, 2.24) is 9.80 Å². The van der Waals surface area contributed by atoms with Gasteiger partial charge in [-0.05, 0) is 55.1 Å². The minimum atomic E-state index is -0.687. The lowest BCUT2D eigenvalue weighted by atomic mass is 9.95. The summed E-state index contributed by atoms with van der Waals surface area (Å²) < 4.78 is 5.16. The quantitative estimate of drug-likeness (QED) is 0.378. The Bertz CT molecular complexity index is 966. The Labute approximate surface area is 187 Å². The van der Waals surface area contributed by atoms with Crippen molar-refractivity contribution in [2.45, 2.75) is 19.9 Å². The fourth-order valence-corrected chi connectivity index (χ4v) is 3.92. The van der Waals surface area contributed by atoms with E-state index in [9.17, 15) is 14.7 Å². The lowest BCUT2D eigenvalue weighted by Gasteiger charge is -2.28. The van der Waals surface area contributed by atoms with Crippen LogP contribution < -0.4 is 4.74 Å². The van der Waals surface area contributed by atoms with Gasteiger partial charge in [-0.25, -0.2) is 0 Å². The molecule has 2 aromatic carbocycles. The molecule has 164 valence electrons. The number of ether oxygens (including phenoxy) is 1. The minimum Gasteiger partial charge on any atom is -0.507 e. The van der Waals surface area contributed by atoms with Gasteiger partial charge in [-0.1, -0.05) is 37.6 Å². The molecule has 1 fully saturated rings. The number of methoxy groups -OCH3 is 1. The summed E-state index contributed by atoms with van der Waals surface area (Å²) in [4.78, 5) is 29.7. The number of nitrogens with zero attached hydrogens (tertiary/aromatic N) is 2. The van der Waals surface area contributed by atoms with Gasteiger partial charge in [-0.3, -0.25) is 9.59 Å². The maximum Gasteiger partial charge on any atom is 0.295 e. The standard InChI is InChI=1S/C24H27ClN2O4/c1-4-26(5-2)14-15-27-21(16-6-10-18(25)11-7-16)20(23(29)24(27)30)22(28)17-8-12-19(31-3)13-9-17/h6-13,21,28H,4-5,14-15H2,1-3H3/b22-20+/t21-/m0/s1. The Morgan fingerprint density at radius 2 is 1.68 bits per heavy atom. The third-order valence-electron chi connectivity index (χ3n) is 5.64. The SMILES string of the molecule is CCN(CC)CCN1C(=O)C(=O)/C(=C(/O)c2ccc(OC)cc2)[C@@H]1c1ccc(Cl)cc1. The van der Waals surface area contributed by atoms with E-state index in [-0.39, 0.29) is 11.3 Å². The number of likely N-dealkylation sites (tertiary alicyclic amines) is 1. The number of likely N-dealkylation sites (N-methyl/N-ethyl adjacent to an activating group) is 1. The summed E-state index contributed by atoms with van der Waals surface area (Å²) >= 11 is 6.05. The average molecular weight is 443 g/mol. The van der Waals surface area contributed by atoms with E-state index in [0.717, 1.165) is 18.7 Å². The van der Waals surface area contributed by atoms with Crippen LogP contribution in [-0.2, 0) is 9.59 Å². The number of carbonyl (C=O) groups is 2. The number of ketones is 1. The lowest BCUT2D eigenvalue weighted by Crippen LogP contribution is -2.38. The molecule has 0 unspecified atom stereocenters. The second kappa shape index (κ2) is 9.98. The first-order chi connectivity index (χ1) is 14.9. The number of aliphatic hydroxyl groups excluding tert-OH is 1. The van der Waals surface area contributed by atoms with Crippen molar-refractivity contribution in [2.24, 2.45) is 0 Å². The zero-order valence-corrected chi connectivity index (χ0v) is 18.7. The first-order valence-corrected chi connectivity index (χ1v) is 10.7. The van der Waals surface area contributed by atoms with Crippen molar-refractivity contribution in [3.8, 4) is 5.75 Å². The molecule has 1 heterocycles. The van der Waals surface area contributed by atoms with Gasteiger partial charge in [-0.15, -0.1) is 0 Å². The molecule has 1 amide bonds. The molecule has 7 heteroatoms. The largest absolute Gasteiger partial charge is 0.507 e. The molecule has 1 saturated heterocycles. The highest BCUT2D eigenvalue weighted by Crippen LogP contribution is 2.39. The highest BCUT2D eigenvalue weighted by Gasteiger charge is 2.45. The number of aliphatic hydroxyl groups is 1. The smallest absolute Gasteiger partial charge is 0.295 e. The summed E-state index contributed by atoms with van der Waals surface area (Å²) in [5.41, 5.74) is 1.25. The molecule has 0 bridgehead atoms. The van der Waals surface area contributed by atoms with E-state index in [4.69, 9.17) is 16.3 Å². The Hall–Kier alpha value is -2.83. The monoisotopic (exact) mass is 442 g/mol. The Morgan fingerprint density at radius 3 is 2.23 bits per heavy atom. The summed E-state index contributed by atoms with van der Waals surface area (Å²) in [5, 5.41) is 11.6. The van der Waals surface area contributed by atoms with Crippen LogP contribution in [0.3, 0.4) is 0 Å². The summed E-state index contributed by atoms with van der Waals surface area (Å²) in [6.45, 7) is 6.80. The van der Waals surface area contributed by atoms with Crippen molar-refractivity contribution >= 4 is 29.1 Å². The molecule has 1 aliphatic rings. The zero-order valence-electron chi connectivity index (χ0n) is 18.0. The van der Waals surface area contributed by atoms with Crippen LogP contribution >= 0.6 is 11.6 Å². The van der Waals surface area contributed by atoms with Gasteiger partial charge in [0, 0.05) is 23.7 Å². The van der Waals surface area contributed by atoms with E-state index in [0.29, 0.717) is 29.4 Å². The molecule has 1 atom stereocenters. The second-order valence-corrected chi connectivity index (χ2v) is 7.74. The Kier molecular flexibility index (Phi) is 7.36. The molecule has 3 rings (SSSR count). The van der Waals surface area contributed by atoms with Crippen LogP contribution in [0.1, 0.15) is 31.0 Å². The highest BCUT2D eigenvalue weighted by molar-refractivity contribution is 6.46. The van der Waals surface area contributed by atoms with Crippen LogP contribution in [-0.4, -0.2) is 59.9 Å². The summed E-state index contributed by atoms with van der Waals surface area (Å²) in [7, 11) is 1.55. The normalized spacial score (nSPS) is 18.1. The molecular weight excluding hydrogens is 416 g/mol. The maximum atomic E-state index is 13.0. The number of amides is 1. The number of carbonyl (C=O) groups excluding carboxylic acids is 2. The zero-order chi connectivity index (χ0) is 22.5. The van der Waals surface area contributed by atoms with E-state index < -0.39 is 17.7 Å². The third kappa shape index (κ3) is 4.75. The van der Waals surface area contributed by atoms with Crippen LogP contribution in [0.25, 0.3) is 5.76 Å². The average Bonchev–Trinajstić information content (AvgIpc) is 3.05. The molecule has 0 aromatic heterocycles. The molecule has 1 N–H and O–H groups in total. The Morgan fingerprint density at radius 1 is 1.06 bits per heavy atom.